The molecular weight excluding hydrogens is 487 g/mol. The van der Waals surface area contributed by atoms with Crippen LogP contribution in [0.4, 0.5) is 19.1 Å². The lowest BCUT2D eigenvalue weighted by molar-refractivity contribution is 0.127. The maximum atomic E-state index is 15.0. The molecule has 198 valence electrons. The van der Waals surface area contributed by atoms with E-state index in [0.29, 0.717) is 39.8 Å². The van der Waals surface area contributed by atoms with Crippen molar-refractivity contribution in [1.29, 1.82) is 0 Å². The molecule has 9 nitrogen and oxygen atoms in total. The largest absolute Gasteiger partial charge is 0.479 e. The third kappa shape index (κ3) is 5.08. The van der Waals surface area contributed by atoms with Crippen LogP contribution in [0, 0.1) is 12.7 Å². The first-order valence-electron chi connectivity index (χ1n) is 12.2. The number of piperidine rings is 1. The van der Waals surface area contributed by atoms with E-state index in [9.17, 15) is 8.78 Å². The highest BCUT2D eigenvalue weighted by Gasteiger charge is 2.22. The van der Waals surface area contributed by atoms with Crippen LogP contribution in [-0.4, -0.2) is 82.0 Å². The fourth-order valence-electron chi connectivity index (χ4n) is 4.95. The standard InChI is InChI=1S/C25H30F3N7O2/c1-15-29-22-19(26)12-16(13-20(22)34(15)14-21(27)28)18-6-9-35-23(18)24(37-3)31-25(32-35)30-17-4-7-33(8-5-17)10-11-36-2/h6,9,12-13,17,21H,4-5,7-8,10-11,14H2,1-3H3,(H,30,32). The van der Waals surface area contributed by atoms with Crippen molar-refractivity contribution in [3.05, 3.63) is 36.0 Å². The number of hydrogen-bond donors (Lipinski definition) is 1. The molecule has 0 bridgehead atoms. The summed E-state index contributed by atoms with van der Waals surface area (Å²) in [5.41, 5.74) is 2.04. The molecule has 4 aromatic rings. The fourth-order valence-corrected chi connectivity index (χ4v) is 4.95. The number of nitrogens with one attached hydrogen (secondary N) is 1. The maximum absolute atomic E-state index is 15.0. The Bertz CT molecular complexity index is 1400. The van der Waals surface area contributed by atoms with Gasteiger partial charge in [-0.05, 0) is 43.5 Å². The predicted octanol–water partition coefficient (Wildman–Crippen LogP) is 3.99. The molecule has 5 rings (SSSR count). The van der Waals surface area contributed by atoms with Crippen molar-refractivity contribution in [2.75, 3.05) is 45.8 Å². The van der Waals surface area contributed by atoms with Crippen molar-refractivity contribution in [1.82, 2.24) is 29.0 Å². The van der Waals surface area contributed by atoms with Crippen LogP contribution in [-0.2, 0) is 11.3 Å². The average Bonchev–Trinajstić information content (AvgIpc) is 3.44. The van der Waals surface area contributed by atoms with Gasteiger partial charge in [-0.1, -0.05) is 0 Å². The van der Waals surface area contributed by atoms with Crippen LogP contribution in [0.15, 0.2) is 24.4 Å². The van der Waals surface area contributed by atoms with Crippen LogP contribution in [0.2, 0.25) is 0 Å². The minimum Gasteiger partial charge on any atom is -0.479 e. The average molecular weight is 518 g/mol. The topological polar surface area (TPSA) is 81.7 Å². The number of likely N-dealkylation sites (tertiary alicyclic amines) is 1. The molecule has 1 aliphatic heterocycles. The highest BCUT2D eigenvalue weighted by Crippen LogP contribution is 2.34. The molecule has 0 amide bonds. The minimum absolute atomic E-state index is 0.0633. The van der Waals surface area contributed by atoms with Crippen molar-refractivity contribution in [3.63, 3.8) is 0 Å². The second-order valence-corrected chi connectivity index (χ2v) is 9.21. The quantitative estimate of drug-likeness (QED) is 0.360. The Morgan fingerprint density at radius 3 is 2.65 bits per heavy atom. The van der Waals surface area contributed by atoms with Gasteiger partial charge in [0.15, 0.2) is 5.82 Å². The number of methoxy groups -OCH3 is 2. The van der Waals surface area contributed by atoms with Crippen LogP contribution in [0.1, 0.15) is 18.7 Å². The van der Waals surface area contributed by atoms with E-state index in [0.717, 1.165) is 39.1 Å². The summed E-state index contributed by atoms with van der Waals surface area (Å²) < 4.78 is 55.1. The van der Waals surface area contributed by atoms with Crippen molar-refractivity contribution in [2.45, 2.75) is 38.8 Å². The predicted molar refractivity (Wildman–Crippen MR) is 134 cm³/mol. The van der Waals surface area contributed by atoms with Gasteiger partial charge in [0.05, 0.1) is 25.8 Å². The number of halogens is 3. The summed E-state index contributed by atoms with van der Waals surface area (Å²) in [4.78, 5) is 11.1. The lowest BCUT2D eigenvalue weighted by atomic mass is 10.1. The highest BCUT2D eigenvalue weighted by molar-refractivity contribution is 5.90. The number of anilines is 1. The Balaban J connectivity index is 1.45. The summed E-state index contributed by atoms with van der Waals surface area (Å²) in [6, 6.07) is 5.02. The van der Waals surface area contributed by atoms with Gasteiger partial charge in [0.1, 0.15) is 16.9 Å². The van der Waals surface area contributed by atoms with Gasteiger partial charge in [-0.2, -0.15) is 4.98 Å². The number of rotatable bonds is 9. The monoisotopic (exact) mass is 517 g/mol. The van der Waals surface area contributed by atoms with Gasteiger partial charge in [0, 0.05) is 44.5 Å². The van der Waals surface area contributed by atoms with E-state index in [-0.39, 0.29) is 11.6 Å². The van der Waals surface area contributed by atoms with E-state index in [4.69, 9.17) is 9.47 Å². The van der Waals surface area contributed by atoms with Crippen molar-refractivity contribution >= 4 is 22.5 Å². The number of imidazole rings is 1. The molecule has 1 N–H and O–H groups in total. The van der Waals surface area contributed by atoms with Gasteiger partial charge in [-0.3, -0.25) is 0 Å². The second kappa shape index (κ2) is 10.5. The number of benzene rings is 1. The molecular formula is C25H30F3N7O2. The second-order valence-electron chi connectivity index (χ2n) is 9.21. The van der Waals surface area contributed by atoms with Crippen molar-refractivity contribution in [2.24, 2.45) is 0 Å². The molecule has 12 heteroatoms. The smallest absolute Gasteiger partial charge is 0.256 e. The van der Waals surface area contributed by atoms with E-state index < -0.39 is 18.8 Å². The van der Waals surface area contributed by atoms with E-state index >= 15 is 4.39 Å². The maximum Gasteiger partial charge on any atom is 0.256 e. The number of alkyl halides is 2. The first-order chi connectivity index (χ1) is 17.9. The van der Waals surface area contributed by atoms with Gasteiger partial charge in [0.25, 0.3) is 6.43 Å². The molecule has 1 aromatic carbocycles. The summed E-state index contributed by atoms with van der Waals surface area (Å²) in [6.45, 7) is 4.59. The zero-order valence-corrected chi connectivity index (χ0v) is 21.0. The number of hydrogen-bond acceptors (Lipinski definition) is 7. The number of aromatic nitrogens is 5. The molecule has 0 atom stereocenters. The van der Waals surface area contributed by atoms with Crippen LogP contribution < -0.4 is 10.1 Å². The molecule has 0 saturated carbocycles. The Hall–Kier alpha value is -3.38. The summed E-state index contributed by atoms with van der Waals surface area (Å²) in [7, 11) is 3.22. The lowest BCUT2D eigenvalue weighted by Crippen LogP contribution is -2.40. The van der Waals surface area contributed by atoms with Gasteiger partial charge < -0.3 is 24.3 Å². The summed E-state index contributed by atoms with van der Waals surface area (Å²) in [5.74, 6) is 0.508. The molecule has 1 aliphatic rings. The van der Waals surface area contributed by atoms with Gasteiger partial charge in [-0.15, -0.1) is 5.10 Å². The van der Waals surface area contributed by atoms with E-state index in [1.54, 1.807) is 36.9 Å². The van der Waals surface area contributed by atoms with Crippen LogP contribution in [0.3, 0.4) is 0 Å². The van der Waals surface area contributed by atoms with Crippen LogP contribution in [0.25, 0.3) is 27.7 Å². The van der Waals surface area contributed by atoms with E-state index in [1.165, 1.54) is 17.7 Å². The summed E-state index contributed by atoms with van der Waals surface area (Å²) >= 11 is 0. The molecule has 0 spiro atoms. The normalized spacial score (nSPS) is 15.3. The lowest BCUT2D eigenvalue weighted by Gasteiger charge is -2.32. The Labute approximate surface area is 212 Å². The molecule has 0 radical (unpaired) electrons. The molecule has 3 aromatic heterocycles. The van der Waals surface area contributed by atoms with Gasteiger partial charge in [-0.25, -0.2) is 22.7 Å². The summed E-state index contributed by atoms with van der Waals surface area (Å²) in [5, 5.41) is 8.02. The van der Waals surface area contributed by atoms with Crippen LogP contribution >= 0.6 is 0 Å². The van der Waals surface area contributed by atoms with E-state index in [2.05, 4.69) is 25.3 Å². The van der Waals surface area contributed by atoms with Gasteiger partial charge in [0.2, 0.25) is 11.8 Å². The highest BCUT2D eigenvalue weighted by atomic mass is 19.3. The SMILES string of the molecule is COCCN1CCC(Nc2nc(OC)c3c(-c4cc(F)c5nc(C)n(CC(F)F)c5c4)ccn3n2)CC1. The first-order valence-corrected chi connectivity index (χ1v) is 12.2. The molecule has 37 heavy (non-hydrogen) atoms. The Morgan fingerprint density at radius 1 is 1.16 bits per heavy atom. The third-order valence-electron chi connectivity index (χ3n) is 6.83. The number of ether oxygens (including phenoxy) is 2. The molecule has 0 aliphatic carbocycles. The van der Waals surface area contributed by atoms with Crippen LogP contribution in [0.5, 0.6) is 5.88 Å². The van der Waals surface area contributed by atoms with Crippen molar-refractivity contribution in [3.8, 4) is 17.0 Å². The first kappa shape index (κ1) is 25.3. The number of fused-ring (bicyclic) bond motifs is 2. The Morgan fingerprint density at radius 2 is 1.95 bits per heavy atom. The van der Waals surface area contributed by atoms with E-state index in [1.807, 2.05) is 0 Å². The zero-order chi connectivity index (χ0) is 26.1. The number of nitrogens with zero attached hydrogens (tertiary/aromatic N) is 6. The molecule has 1 saturated heterocycles. The molecule has 4 heterocycles. The fraction of sp³-hybridized carbons (Fsp3) is 0.480. The Kier molecular flexibility index (Phi) is 7.20. The van der Waals surface area contributed by atoms with Gasteiger partial charge >= 0.3 is 0 Å². The third-order valence-corrected chi connectivity index (χ3v) is 6.83. The summed E-state index contributed by atoms with van der Waals surface area (Å²) in [6.07, 6.45) is 1.07. The molecule has 1 fully saturated rings. The number of aryl methyl sites for hydroxylation is 1. The molecule has 0 unspecified atom stereocenters. The van der Waals surface area contributed by atoms with Crippen molar-refractivity contribution < 1.29 is 22.6 Å². The minimum atomic E-state index is -2.59. The zero-order valence-electron chi connectivity index (χ0n) is 21.0.